The molecule has 5 rings (SSSR count). The van der Waals surface area contributed by atoms with Crippen LogP contribution in [0.5, 0.6) is 0 Å². The van der Waals surface area contributed by atoms with Crippen molar-refractivity contribution >= 4 is 37.6 Å². The van der Waals surface area contributed by atoms with E-state index in [0.29, 0.717) is 12.2 Å². The highest BCUT2D eigenvalue weighted by molar-refractivity contribution is 7.92. The van der Waals surface area contributed by atoms with Crippen molar-refractivity contribution in [2.24, 2.45) is 0 Å². The summed E-state index contributed by atoms with van der Waals surface area (Å²) in [6.45, 7) is 2.04. The van der Waals surface area contributed by atoms with Crippen molar-refractivity contribution in [3.8, 4) is 0 Å². The van der Waals surface area contributed by atoms with Gasteiger partial charge in [-0.1, -0.05) is 48.5 Å². The second-order valence-corrected chi connectivity index (χ2v) is 10.1. The fourth-order valence-corrected chi connectivity index (χ4v) is 5.40. The standard InChI is InChI=1S/C28H25N3O2S/c1-20-24-13-5-6-15-27(24)30-28(31-34(32,33)23-11-3-2-4-12-23)25(20)14-7-9-21-16-17-26-22(19-21)10-8-18-29-26/h2-6,8,10-13,15-19H,7,9,14H2,1H3,(H,30,31). The molecule has 170 valence electrons. The van der Waals surface area contributed by atoms with Crippen LogP contribution in [0.3, 0.4) is 0 Å². The van der Waals surface area contributed by atoms with E-state index in [2.05, 4.69) is 27.9 Å². The maximum atomic E-state index is 13.1. The topological polar surface area (TPSA) is 72.0 Å². The normalized spacial score (nSPS) is 11.7. The third kappa shape index (κ3) is 4.50. The number of aryl methyl sites for hydroxylation is 2. The number of aromatic nitrogens is 2. The average molecular weight is 468 g/mol. The Hall–Kier alpha value is -3.77. The maximum Gasteiger partial charge on any atom is 0.263 e. The summed E-state index contributed by atoms with van der Waals surface area (Å²) in [5.41, 5.74) is 4.98. The Morgan fingerprint density at radius 3 is 2.47 bits per heavy atom. The zero-order valence-electron chi connectivity index (χ0n) is 18.9. The highest BCUT2D eigenvalue weighted by Gasteiger charge is 2.19. The number of sulfonamides is 1. The number of para-hydroxylation sites is 1. The van der Waals surface area contributed by atoms with Crippen molar-refractivity contribution in [1.82, 2.24) is 9.97 Å². The quantitative estimate of drug-likeness (QED) is 0.315. The minimum atomic E-state index is -3.74. The first-order valence-corrected chi connectivity index (χ1v) is 12.8. The third-order valence-corrected chi connectivity index (χ3v) is 7.48. The molecule has 34 heavy (non-hydrogen) atoms. The van der Waals surface area contributed by atoms with Gasteiger partial charge in [0.25, 0.3) is 10.0 Å². The molecule has 0 fully saturated rings. The monoisotopic (exact) mass is 467 g/mol. The summed E-state index contributed by atoms with van der Waals surface area (Å²) in [4.78, 5) is 9.32. The molecule has 2 aromatic heterocycles. The van der Waals surface area contributed by atoms with Gasteiger partial charge >= 0.3 is 0 Å². The Kier molecular flexibility index (Phi) is 5.99. The number of rotatable bonds is 7. The van der Waals surface area contributed by atoms with Crippen LogP contribution in [0.2, 0.25) is 0 Å². The van der Waals surface area contributed by atoms with Crippen molar-refractivity contribution in [3.63, 3.8) is 0 Å². The number of nitrogens with one attached hydrogen (secondary N) is 1. The summed E-state index contributed by atoms with van der Waals surface area (Å²) in [5.74, 6) is 0.405. The van der Waals surface area contributed by atoms with Crippen LogP contribution in [0.25, 0.3) is 21.8 Å². The maximum absolute atomic E-state index is 13.1. The lowest BCUT2D eigenvalue weighted by Crippen LogP contribution is -2.16. The van der Waals surface area contributed by atoms with Gasteiger partial charge in [-0.15, -0.1) is 0 Å². The first kappa shape index (κ1) is 22.0. The molecule has 0 bridgehead atoms. The van der Waals surface area contributed by atoms with Gasteiger partial charge in [-0.05, 0) is 79.3 Å². The molecule has 0 saturated carbocycles. The van der Waals surface area contributed by atoms with Crippen LogP contribution < -0.4 is 4.72 Å². The Labute approximate surface area is 199 Å². The summed E-state index contributed by atoms with van der Waals surface area (Å²) in [6, 6.07) is 26.6. The number of nitrogens with zero attached hydrogens (tertiary/aromatic N) is 2. The number of hydrogen-bond donors (Lipinski definition) is 1. The minimum absolute atomic E-state index is 0.221. The third-order valence-electron chi connectivity index (χ3n) is 6.12. The molecule has 5 aromatic rings. The highest BCUT2D eigenvalue weighted by atomic mass is 32.2. The van der Waals surface area contributed by atoms with Crippen LogP contribution in [0.1, 0.15) is 23.1 Å². The molecule has 1 N–H and O–H groups in total. The lowest BCUT2D eigenvalue weighted by Gasteiger charge is -2.16. The van der Waals surface area contributed by atoms with E-state index in [1.54, 1.807) is 36.5 Å². The van der Waals surface area contributed by atoms with Gasteiger partial charge in [-0.25, -0.2) is 13.4 Å². The second-order valence-electron chi connectivity index (χ2n) is 8.38. The molecule has 0 radical (unpaired) electrons. The predicted octanol–water partition coefficient (Wildman–Crippen LogP) is 6.07. The summed E-state index contributed by atoms with van der Waals surface area (Å²) < 4.78 is 28.9. The molecule has 0 atom stereocenters. The molecule has 2 heterocycles. The van der Waals surface area contributed by atoms with E-state index in [4.69, 9.17) is 4.98 Å². The number of fused-ring (bicyclic) bond motifs is 2. The number of pyridine rings is 2. The molecule has 0 unspecified atom stereocenters. The Morgan fingerprint density at radius 1 is 0.824 bits per heavy atom. The van der Waals surface area contributed by atoms with E-state index in [0.717, 1.165) is 45.8 Å². The van der Waals surface area contributed by atoms with Gasteiger partial charge in [-0.2, -0.15) is 0 Å². The van der Waals surface area contributed by atoms with Crippen molar-refractivity contribution in [3.05, 3.63) is 108 Å². The van der Waals surface area contributed by atoms with E-state index in [1.807, 2.05) is 43.3 Å². The number of anilines is 1. The van der Waals surface area contributed by atoms with Crippen LogP contribution in [0, 0.1) is 6.92 Å². The molecule has 0 saturated heterocycles. The summed E-state index contributed by atoms with van der Waals surface area (Å²) in [5, 5.41) is 2.16. The van der Waals surface area contributed by atoms with Gasteiger partial charge in [-0.3, -0.25) is 9.71 Å². The van der Waals surface area contributed by atoms with Crippen molar-refractivity contribution in [2.45, 2.75) is 31.1 Å². The lowest BCUT2D eigenvalue weighted by molar-refractivity contribution is 0.601. The molecule has 0 amide bonds. The molecule has 3 aromatic carbocycles. The van der Waals surface area contributed by atoms with Crippen LogP contribution in [-0.4, -0.2) is 18.4 Å². The molecule has 0 aliphatic rings. The fourth-order valence-electron chi connectivity index (χ4n) is 4.34. The molecule has 6 heteroatoms. The first-order valence-electron chi connectivity index (χ1n) is 11.3. The smallest absolute Gasteiger partial charge is 0.263 e. The molecular formula is C28H25N3O2S. The molecule has 0 aliphatic heterocycles. The van der Waals surface area contributed by atoms with Crippen molar-refractivity contribution in [1.29, 1.82) is 0 Å². The van der Waals surface area contributed by atoms with Crippen LogP contribution in [0.4, 0.5) is 5.82 Å². The summed E-state index contributed by atoms with van der Waals surface area (Å²) in [7, 11) is -3.74. The van der Waals surface area contributed by atoms with Crippen LogP contribution in [0.15, 0.2) is 96.0 Å². The van der Waals surface area contributed by atoms with E-state index >= 15 is 0 Å². The largest absolute Gasteiger partial charge is 0.263 e. The summed E-state index contributed by atoms with van der Waals surface area (Å²) >= 11 is 0. The molecular weight excluding hydrogens is 442 g/mol. The Balaban J connectivity index is 1.45. The van der Waals surface area contributed by atoms with Gasteiger partial charge in [0.15, 0.2) is 0 Å². The number of hydrogen-bond acceptors (Lipinski definition) is 4. The van der Waals surface area contributed by atoms with Gasteiger partial charge in [0.1, 0.15) is 5.82 Å². The van der Waals surface area contributed by atoms with E-state index in [-0.39, 0.29) is 4.90 Å². The van der Waals surface area contributed by atoms with Gasteiger partial charge in [0, 0.05) is 17.0 Å². The lowest BCUT2D eigenvalue weighted by atomic mass is 9.97. The second kappa shape index (κ2) is 9.23. The minimum Gasteiger partial charge on any atom is -0.263 e. The van der Waals surface area contributed by atoms with Crippen LogP contribution >= 0.6 is 0 Å². The zero-order valence-corrected chi connectivity index (χ0v) is 19.7. The predicted molar refractivity (Wildman–Crippen MR) is 137 cm³/mol. The van der Waals surface area contributed by atoms with Crippen molar-refractivity contribution < 1.29 is 8.42 Å². The van der Waals surface area contributed by atoms with Gasteiger partial charge in [0.05, 0.1) is 15.9 Å². The molecule has 5 nitrogen and oxygen atoms in total. The van der Waals surface area contributed by atoms with Gasteiger partial charge < -0.3 is 0 Å². The SMILES string of the molecule is Cc1c(CCCc2ccc3ncccc3c2)c(NS(=O)(=O)c2ccccc2)nc2ccccc12. The summed E-state index contributed by atoms with van der Waals surface area (Å²) in [6.07, 6.45) is 4.26. The van der Waals surface area contributed by atoms with E-state index in [1.165, 1.54) is 5.56 Å². The van der Waals surface area contributed by atoms with E-state index < -0.39 is 10.0 Å². The average Bonchev–Trinajstić information content (AvgIpc) is 2.86. The van der Waals surface area contributed by atoms with Gasteiger partial charge in [0.2, 0.25) is 0 Å². The highest BCUT2D eigenvalue weighted by Crippen LogP contribution is 2.29. The Bertz CT molecular complexity index is 1580. The Morgan fingerprint density at radius 2 is 1.62 bits per heavy atom. The van der Waals surface area contributed by atoms with Crippen molar-refractivity contribution in [2.75, 3.05) is 4.72 Å². The van der Waals surface area contributed by atoms with E-state index in [9.17, 15) is 8.42 Å². The molecule has 0 spiro atoms. The first-order chi connectivity index (χ1) is 16.5. The number of benzene rings is 3. The zero-order chi connectivity index (χ0) is 23.5. The fraction of sp³-hybridized carbons (Fsp3) is 0.143. The van der Waals surface area contributed by atoms with Crippen LogP contribution in [-0.2, 0) is 22.9 Å². The molecule has 0 aliphatic carbocycles.